The normalized spacial score (nSPS) is 58.0. The summed E-state index contributed by atoms with van der Waals surface area (Å²) in [5.41, 5.74) is 1.18. The van der Waals surface area contributed by atoms with E-state index in [0.29, 0.717) is 36.2 Å². The maximum absolute atomic E-state index is 12.8. The van der Waals surface area contributed by atoms with Gasteiger partial charge in [-0.3, -0.25) is 4.79 Å². The smallest absolute Gasteiger partial charge is 0.164 e. The lowest BCUT2D eigenvalue weighted by atomic mass is 9.30. The van der Waals surface area contributed by atoms with Gasteiger partial charge in [0.25, 0.3) is 0 Å². The van der Waals surface area contributed by atoms with Crippen LogP contribution < -0.4 is 0 Å². The van der Waals surface area contributed by atoms with Gasteiger partial charge in [0.05, 0.1) is 0 Å². The summed E-state index contributed by atoms with van der Waals surface area (Å²) >= 11 is 0. The van der Waals surface area contributed by atoms with Crippen LogP contribution in [0, 0.1) is 56.2 Å². The highest BCUT2D eigenvalue weighted by molar-refractivity contribution is 5.86. The van der Waals surface area contributed by atoms with E-state index in [0.717, 1.165) is 6.42 Å². The lowest BCUT2D eigenvalue weighted by molar-refractivity contribution is -0.265. The van der Waals surface area contributed by atoms with E-state index in [2.05, 4.69) is 48.5 Å². The third-order valence-electron chi connectivity index (χ3n) is 13.8. The molecule has 3 heteroatoms. The van der Waals surface area contributed by atoms with Crippen molar-refractivity contribution in [3.63, 3.8) is 0 Å². The second-order valence-corrected chi connectivity index (χ2v) is 15.3. The van der Waals surface area contributed by atoms with Gasteiger partial charge in [0.2, 0.25) is 0 Å². The highest BCUT2D eigenvalue weighted by Gasteiger charge is 2.71. The Morgan fingerprint density at radius 1 is 0.788 bits per heavy atom. The minimum Gasteiger partial charge on any atom is -0.396 e. The van der Waals surface area contributed by atoms with Crippen LogP contribution in [0.5, 0.6) is 0 Å². The summed E-state index contributed by atoms with van der Waals surface area (Å²) < 4.78 is 0. The van der Waals surface area contributed by atoms with E-state index in [1.807, 2.05) is 0 Å². The number of hydrogen-bond donors (Lipinski definition) is 2. The topological polar surface area (TPSA) is 57.5 Å². The number of aliphatic hydroxyl groups is 2. The van der Waals surface area contributed by atoms with Crippen molar-refractivity contribution in [1.82, 2.24) is 0 Å². The molecule has 0 amide bonds. The highest BCUT2D eigenvalue weighted by Crippen LogP contribution is 2.78. The van der Waals surface area contributed by atoms with Gasteiger partial charge >= 0.3 is 0 Å². The summed E-state index contributed by atoms with van der Waals surface area (Å²) in [4.78, 5) is 12.8. The van der Waals surface area contributed by atoms with Gasteiger partial charge in [-0.1, -0.05) is 48.5 Å². The lowest BCUT2D eigenvalue weighted by Crippen LogP contribution is -2.69. The average Bonchev–Trinajstić information content (AvgIpc) is 2.76. The number of Topliss-reactive ketones (excluding diaryl/α,β-unsaturated/α-hetero) is 1. The van der Waals surface area contributed by atoms with E-state index < -0.39 is 6.10 Å². The van der Waals surface area contributed by atoms with E-state index in [9.17, 15) is 15.0 Å². The number of aliphatic hydroxyl groups excluding tert-OH is 2. The van der Waals surface area contributed by atoms with E-state index in [1.165, 1.54) is 51.4 Å². The number of ketones is 1. The molecular weight excluding hydrogens is 408 g/mol. The SMILES string of the molecule is C[C@H]1C(=O)[C@H](O)C[C@@H]2[C@]1(C)CC[C@H]1[C@@]2(C)CC[C@@]2(C)[C@@H]3CC(C)(C)CC[C@]3(CO)CC[C@]12C. The molecule has 0 aromatic rings. The zero-order valence-electron chi connectivity index (χ0n) is 22.5. The van der Waals surface area contributed by atoms with Crippen LogP contribution in [0.1, 0.15) is 113 Å². The van der Waals surface area contributed by atoms with Crippen LogP contribution in [-0.4, -0.2) is 28.7 Å². The first-order valence-electron chi connectivity index (χ1n) is 14.0. The number of rotatable bonds is 1. The van der Waals surface area contributed by atoms with Crippen molar-refractivity contribution in [2.75, 3.05) is 6.61 Å². The average molecular weight is 459 g/mol. The number of hydrogen-bond acceptors (Lipinski definition) is 3. The van der Waals surface area contributed by atoms with Crippen LogP contribution in [0.2, 0.25) is 0 Å². The van der Waals surface area contributed by atoms with Crippen molar-refractivity contribution in [2.45, 2.75) is 119 Å². The second-order valence-electron chi connectivity index (χ2n) is 15.3. The molecule has 5 aliphatic carbocycles. The maximum atomic E-state index is 12.8. The molecule has 0 bridgehead atoms. The van der Waals surface area contributed by atoms with Crippen molar-refractivity contribution >= 4 is 5.78 Å². The van der Waals surface area contributed by atoms with E-state index in [1.54, 1.807) is 0 Å². The molecule has 0 unspecified atom stereocenters. The Morgan fingerprint density at radius 2 is 1.39 bits per heavy atom. The second kappa shape index (κ2) is 7.09. The molecule has 0 aromatic heterocycles. The number of fused-ring (bicyclic) bond motifs is 7. The maximum Gasteiger partial charge on any atom is 0.164 e. The fourth-order valence-corrected chi connectivity index (χ4v) is 11.2. The van der Waals surface area contributed by atoms with E-state index in [-0.39, 0.29) is 38.8 Å². The monoisotopic (exact) mass is 458 g/mol. The quantitative estimate of drug-likeness (QED) is 0.478. The Hall–Kier alpha value is -0.410. The van der Waals surface area contributed by atoms with Crippen LogP contribution >= 0.6 is 0 Å². The van der Waals surface area contributed by atoms with Crippen LogP contribution in [0.3, 0.4) is 0 Å². The van der Waals surface area contributed by atoms with Crippen molar-refractivity contribution in [3.8, 4) is 0 Å². The highest BCUT2D eigenvalue weighted by atomic mass is 16.3. The third kappa shape index (κ3) is 2.90. The molecule has 5 fully saturated rings. The molecule has 188 valence electrons. The minimum absolute atomic E-state index is 0.0159. The summed E-state index contributed by atoms with van der Waals surface area (Å²) in [6.07, 6.45) is 10.7. The Morgan fingerprint density at radius 3 is 2.06 bits per heavy atom. The summed E-state index contributed by atoms with van der Waals surface area (Å²) in [7, 11) is 0. The van der Waals surface area contributed by atoms with Gasteiger partial charge in [-0.2, -0.15) is 0 Å². The minimum atomic E-state index is -0.776. The van der Waals surface area contributed by atoms with Crippen LogP contribution in [0.15, 0.2) is 0 Å². The largest absolute Gasteiger partial charge is 0.396 e. The van der Waals surface area contributed by atoms with Crippen LogP contribution in [-0.2, 0) is 4.79 Å². The molecule has 0 saturated heterocycles. The molecule has 5 rings (SSSR count). The van der Waals surface area contributed by atoms with Crippen LogP contribution in [0.4, 0.5) is 0 Å². The zero-order chi connectivity index (χ0) is 24.2. The van der Waals surface area contributed by atoms with Gasteiger partial charge in [-0.05, 0) is 114 Å². The molecule has 0 aromatic carbocycles. The molecule has 2 N–H and O–H groups in total. The number of carbonyl (C=O) groups is 1. The molecule has 3 nitrogen and oxygen atoms in total. The fourth-order valence-electron chi connectivity index (χ4n) is 11.2. The van der Waals surface area contributed by atoms with Gasteiger partial charge in [-0.25, -0.2) is 0 Å². The van der Waals surface area contributed by atoms with Gasteiger partial charge in [0.1, 0.15) is 6.10 Å². The molecule has 5 saturated carbocycles. The first-order chi connectivity index (χ1) is 15.2. The molecule has 5 aliphatic rings. The fraction of sp³-hybridized carbons (Fsp3) is 0.967. The van der Waals surface area contributed by atoms with Gasteiger partial charge in [0, 0.05) is 12.5 Å². The van der Waals surface area contributed by atoms with Crippen molar-refractivity contribution < 1.29 is 15.0 Å². The predicted octanol–water partition coefficient (Wildman–Crippen LogP) is 6.40. The zero-order valence-corrected chi connectivity index (χ0v) is 22.5. The van der Waals surface area contributed by atoms with Gasteiger partial charge in [-0.15, -0.1) is 0 Å². The molecule has 33 heavy (non-hydrogen) atoms. The predicted molar refractivity (Wildman–Crippen MR) is 133 cm³/mol. The summed E-state index contributed by atoms with van der Waals surface area (Å²) in [5.74, 6) is 1.68. The first-order valence-corrected chi connectivity index (χ1v) is 14.0. The standard InChI is InChI=1S/C30H50O3/c1-19-24(33)20(32)16-22-26(19,4)9-8-21-27(22,5)11-12-29(7)23-17-25(2,3)10-14-30(23,18-31)15-13-28(21,29)6/h19-23,31-32H,8-18H2,1-7H3/t19-,20+,21-,22+,23-,26+,27+,28+,29-,30+/m0/s1. The van der Waals surface area contributed by atoms with Gasteiger partial charge in [0.15, 0.2) is 5.78 Å². The molecule has 0 heterocycles. The van der Waals surface area contributed by atoms with Crippen molar-refractivity contribution in [2.24, 2.45) is 56.2 Å². The van der Waals surface area contributed by atoms with E-state index >= 15 is 0 Å². The molecule has 0 radical (unpaired) electrons. The lowest BCUT2D eigenvalue weighted by Gasteiger charge is -2.75. The molecule has 0 aliphatic heterocycles. The van der Waals surface area contributed by atoms with E-state index in [4.69, 9.17) is 0 Å². The van der Waals surface area contributed by atoms with Gasteiger partial charge < -0.3 is 10.2 Å². The molecule has 10 atom stereocenters. The van der Waals surface area contributed by atoms with Crippen molar-refractivity contribution in [3.05, 3.63) is 0 Å². The molecule has 0 spiro atoms. The Balaban J connectivity index is 1.56. The van der Waals surface area contributed by atoms with Crippen LogP contribution in [0.25, 0.3) is 0 Å². The Labute approximate surface area is 202 Å². The molecular formula is C30H50O3. The number of carbonyl (C=O) groups excluding carboxylic acids is 1. The third-order valence-corrected chi connectivity index (χ3v) is 13.8. The Kier molecular flexibility index (Phi) is 5.22. The Bertz CT molecular complexity index is 834. The summed E-state index contributed by atoms with van der Waals surface area (Å²) in [5, 5.41) is 21.5. The summed E-state index contributed by atoms with van der Waals surface area (Å²) in [6.45, 7) is 17.5. The summed E-state index contributed by atoms with van der Waals surface area (Å²) in [6, 6.07) is 0. The van der Waals surface area contributed by atoms with Crippen molar-refractivity contribution in [1.29, 1.82) is 0 Å². The first kappa shape index (κ1) is 24.3.